The Bertz CT molecular complexity index is 806. The molecule has 118 valence electrons. The van der Waals surface area contributed by atoms with E-state index in [1.54, 1.807) is 18.2 Å². The van der Waals surface area contributed by atoms with Gasteiger partial charge in [0, 0.05) is 10.6 Å². The van der Waals surface area contributed by atoms with Gasteiger partial charge in [0.05, 0.1) is 9.90 Å². The summed E-state index contributed by atoms with van der Waals surface area (Å²) in [7, 11) is 0. The highest BCUT2D eigenvalue weighted by molar-refractivity contribution is 7.17. The predicted molar refractivity (Wildman–Crippen MR) is 83.0 cm³/mol. The van der Waals surface area contributed by atoms with Crippen molar-refractivity contribution in [1.29, 1.82) is 5.26 Å². The van der Waals surface area contributed by atoms with Crippen molar-refractivity contribution < 1.29 is 18.0 Å². The van der Waals surface area contributed by atoms with Crippen molar-refractivity contribution in [2.75, 3.05) is 5.32 Å². The molecule has 0 aliphatic heterocycles. The third kappa shape index (κ3) is 4.58. The number of nitrogens with one attached hydrogen (secondary N) is 1. The summed E-state index contributed by atoms with van der Waals surface area (Å²) < 4.78 is 38.4. The molecular formula is C15H8ClF3N2OS. The normalized spacial score (nSPS) is 11.9. The van der Waals surface area contributed by atoms with Crippen LogP contribution in [0.1, 0.15) is 10.4 Å². The molecule has 0 saturated heterocycles. The second-order valence-electron chi connectivity index (χ2n) is 4.34. The summed E-state index contributed by atoms with van der Waals surface area (Å²) in [6, 6.07) is 9.13. The molecule has 0 spiro atoms. The van der Waals surface area contributed by atoms with E-state index >= 15 is 0 Å². The summed E-state index contributed by atoms with van der Waals surface area (Å²) in [5.41, 5.74) is -1.17. The average Bonchev–Trinajstić information content (AvgIpc) is 2.89. The van der Waals surface area contributed by atoms with Crippen LogP contribution >= 0.6 is 22.9 Å². The number of alkyl halides is 3. The maximum absolute atomic E-state index is 12.6. The second-order valence-corrected chi connectivity index (χ2v) is 6.09. The van der Waals surface area contributed by atoms with Gasteiger partial charge < -0.3 is 5.32 Å². The lowest BCUT2D eigenvalue weighted by molar-refractivity contribution is -0.137. The molecule has 0 radical (unpaired) electrons. The van der Waals surface area contributed by atoms with Crippen LogP contribution in [0.3, 0.4) is 0 Å². The fraction of sp³-hybridized carbons (Fsp3) is 0.0667. The lowest BCUT2D eigenvalue weighted by Crippen LogP contribution is -2.14. The van der Waals surface area contributed by atoms with Crippen molar-refractivity contribution >= 4 is 40.6 Å². The molecule has 1 heterocycles. The first-order chi connectivity index (χ1) is 10.8. The van der Waals surface area contributed by atoms with Gasteiger partial charge in [0.1, 0.15) is 11.6 Å². The number of amides is 1. The summed E-state index contributed by atoms with van der Waals surface area (Å²) in [5, 5.41) is 11.3. The predicted octanol–water partition coefficient (Wildman–Crippen LogP) is 4.97. The van der Waals surface area contributed by atoms with Crippen LogP contribution in [-0.4, -0.2) is 5.91 Å². The first-order valence-electron chi connectivity index (χ1n) is 6.15. The topological polar surface area (TPSA) is 52.9 Å². The van der Waals surface area contributed by atoms with E-state index in [2.05, 4.69) is 5.32 Å². The van der Waals surface area contributed by atoms with Crippen LogP contribution in [0.25, 0.3) is 6.08 Å². The van der Waals surface area contributed by atoms with Crippen LogP contribution in [0.4, 0.5) is 18.9 Å². The Balaban J connectivity index is 2.21. The minimum Gasteiger partial charge on any atom is -0.321 e. The van der Waals surface area contributed by atoms with Crippen LogP contribution in [-0.2, 0) is 11.0 Å². The number of nitrogens with zero attached hydrogens (tertiary/aromatic N) is 1. The Morgan fingerprint density at radius 1 is 1.30 bits per heavy atom. The summed E-state index contributed by atoms with van der Waals surface area (Å²) >= 11 is 6.93. The number of hydrogen-bond donors (Lipinski definition) is 1. The highest BCUT2D eigenvalue weighted by atomic mass is 35.5. The number of rotatable bonds is 3. The Morgan fingerprint density at radius 2 is 2.04 bits per heavy atom. The maximum atomic E-state index is 12.6. The van der Waals surface area contributed by atoms with E-state index in [1.165, 1.54) is 29.5 Å². The van der Waals surface area contributed by atoms with E-state index in [1.807, 2.05) is 0 Å². The van der Waals surface area contributed by atoms with Crippen LogP contribution in [0.2, 0.25) is 4.34 Å². The van der Waals surface area contributed by atoms with Crippen molar-refractivity contribution in [3.63, 3.8) is 0 Å². The smallest absolute Gasteiger partial charge is 0.321 e. The quantitative estimate of drug-likeness (QED) is 0.623. The van der Waals surface area contributed by atoms with Crippen molar-refractivity contribution in [2.24, 2.45) is 0 Å². The van der Waals surface area contributed by atoms with Crippen molar-refractivity contribution in [3.05, 3.63) is 56.7 Å². The number of carbonyl (C=O) groups excluding carboxylic acids is 1. The SMILES string of the molecule is N#CC(=Cc1ccc(Cl)s1)C(=O)Nc1cccc(C(F)(F)F)c1. The van der Waals surface area contributed by atoms with Gasteiger partial charge >= 0.3 is 6.18 Å². The van der Waals surface area contributed by atoms with E-state index in [0.717, 1.165) is 12.1 Å². The molecule has 3 nitrogen and oxygen atoms in total. The highest BCUT2D eigenvalue weighted by Gasteiger charge is 2.30. The van der Waals surface area contributed by atoms with E-state index in [-0.39, 0.29) is 11.3 Å². The molecule has 1 N–H and O–H groups in total. The number of thiophene rings is 1. The Kier molecular flexibility index (Phi) is 5.08. The molecule has 1 aromatic heterocycles. The minimum atomic E-state index is -4.51. The Labute approximate surface area is 138 Å². The molecule has 2 aromatic rings. The molecule has 0 bridgehead atoms. The lowest BCUT2D eigenvalue weighted by atomic mass is 10.1. The molecule has 0 unspecified atom stereocenters. The molecule has 0 fully saturated rings. The molecule has 2 rings (SSSR count). The van der Waals surface area contributed by atoms with E-state index in [9.17, 15) is 18.0 Å². The average molecular weight is 357 g/mol. The van der Waals surface area contributed by atoms with Crippen LogP contribution in [0.5, 0.6) is 0 Å². The van der Waals surface area contributed by atoms with Crippen molar-refractivity contribution in [1.82, 2.24) is 0 Å². The minimum absolute atomic E-state index is 0.0461. The fourth-order valence-electron chi connectivity index (χ4n) is 1.67. The number of halogens is 4. The van der Waals surface area contributed by atoms with Gasteiger partial charge in [0.15, 0.2) is 0 Å². The molecule has 1 amide bonds. The number of carbonyl (C=O) groups is 1. The Morgan fingerprint density at radius 3 is 2.61 bits per heavy atom. The first-order valence-corrected chi connectivity index (χ1v) is 7.35. The van der Waals surface area contributed by atoms with E-state index in [4.69, 9.17) is 16.9 Å². The molecule has 0 aliphatic carbocycles. The molecule has 8 heteroatoms. The zero-order valence-corrected chi connectivity index (χ0v) is 12.9. The van der Waals surface area contributed by atoms with E-state index in [0.29, 0.717) is 9.21 Å². The zero-order chi connectivity index (χ0) is 17.0. The van der Waals surface area contributed by atoms with Crippen LogP contribution < -0.4 is 5.32 Å². The third-order valence-corrected chi connectivity index (χ3v) is 3.87. The first kappa shape index (κ1) is 17.1. The molecule has 0 aliphatic rings. The largest absolute Gasteiger partial charge is 0.416 e. The summed E-state index contributed by atoms with van der Waals surface area (Å²) in [5.74, 6) is -0.795. The van der Waals surface area contributed by atoms with E-state index < -0.39 is 17.6 Å². The van der Waals surface area contributed by atoms with Gasteiger partial charge in [-0.1, -0.05) is 17.7 Å². The lowest BCUT2D eigenvalue weighted by Gasteiger charge is -2.09. The molecule has 0 saturated carbocycles. The van der Waals surface area contributed by atoms with Gasteiger partial charge in [-0.2, -0.15) is 18.4 Å². The van der Waals surface area contributed by atoms with Crippen molar-refractivity contribution in [2.45, 2.75) is 6.18 Å². The molecule has 23 heavy (non-hydrogen) atoms. The van der Waals surface area contributed by atoms with Gasteiger partial charge in [-0.25, -0.2) is 0 Å². The third-order valence-electron chi connectivity index (χ3n) is 2.69. The fourth-order valence-corrected chi connectivity index (χ4v) is 2.67. The maximum Gasteiger partial charge on any atom is 0.416 e. The van der Waals surface area contributed by atoms with Gasteiger partial charge in [0.2, 0.25) is 0 Å². The van der Waals surface area contributed by atoms with Gasteiger partial charge in [0.25, 0.3) is 5.91 Å². The van der Waals surface area contributed by atoms with Crippen LogP contribution in [0, 0.1) is 11.3 Å². The van der Waals surface area contributed by atoms with Gasteiger partial charge in [-0.15, -0.1) is 11.3 Å². The molecule has 0 atom stereocenters. The zero-order valence-electron chi connectivity index (χ0n) is 11.3. The summed E-state index contributed by atoms with van der Waals surface area (Å²) in [6.45, 7) is 0. The standard InChI is InChI=1S/C15H8ClF3N2OS/c16-13-5-4-12(23-13)6-9(8-20)14(22)21-11-3-1-2-10(7-11)15(17,18)19/h1-7H,(H,21,22). The van der Waals surface area contributed by atoms with Crippen molar-refractivity contribution in [3.8, 4) is 6.07 Å². The monoisotopic (exact) mass is 356 g/mol. The number of hydrogen-bond acceptors (Lipinski definition) is 3. The van der Waals surface area contributed by atoms with Crippen LogP contribution in [0.15, 0.2) is 42.0 Å². The molecule has 1 aromatic carbocycles. The number of benzene rings is 1. The van der Waals surface area contributed by atoms with Gasteiger partial charge in [-0.3, -0.25) is 4.79 Å². The summed E-state index contributed by atoms with van der Waals surface area (Å²) in [4.78, 5) is 12.6. The Hall–Kier alpha value is -2.30. The summed E-state index contributed by atoms with van der Waals surface area (Å²) in [6.07, 6.45) is -3.19. The highest BCUT2D eigenvalue weighted by Crippen LogP contribution is 2.30. The number of anilines is 1. The van der Waals surface area contributed by atoms with Gasteiger partial charge in [-0.05, 0) is 36.4 Å². The molecular weight excluding hydrogens is 349 g/mol. The second kappa shape index (κ2) is 6.86. The number of nitriles is 1.